The number of aliphatic imine (C=N–C) groups is 1. The summed E-state index contributed by atoms with van der Waals surface area (Å²) >= 11 is 0. The lowest BCUT2D eigenvalue weighted by Crippen LogP contribution is -2.51. The molecule has 1 aliphatic heterocycles. The van der Waals surface area contributed by atoms with Gasteiger partial charge < -0.3 is 28.7 Å². The minimum absolute atomic E-state index is 0.0184. The molecule has 0 aromatic carbocycles. The standard InChI is InChI=1S/C72H119N3O10/c1-27-71(28-2,29-3)55(76)40-54-58(64(78)84-60-50(69(19,20)21)37-47(38-51(60)70(22,23)24)42-83-63(77)45(11)12)56(43(7)8)52(73-54)39-53-57(44(9)10)59(62(74-53)75(25)66(80)72(30-4,31-5)32-6)65(79)85-61-48(67(13,14)15)35-46(41-82-34-33-81-26)36-49(61)68(16,17)18/h39,43-44,46-51,60-61,73H,11,27-38,40-42H2,1-10,12-26H3/b53-39-. The zero-order chi connectivity index (χ0) is 64.7. The molecular weight excluding hydrogens is 1070 g/mol. The van der Waals surface area contributed by atoms with Gasteiger partial charge in [-0.1, -0.05) is 159 Å². The van der Waals surface area contributed by atoms with Gasteiger partial charge in [0.1, 0.15) is 23.6 Å². The summed E-state index contributed by atoms with van der Waals surface area (Å²) in [6, 6.07) is 0. The van der Waals surface area contributed by atoms with Gasteiger partial charge in [0, 0.05) is 78.6 Å². The van der Waals surface area contributed by atoms with E-state index in [0.29, 0.717) is 111 Å². The van der Waals surface area contributed by atoms with Crippen molar-refractivity contribution >= 4 is 41.5 Å². The number of allylic oxidation sites excluding steroid dienone is 1. The average molecular weight is 1190 g/mol. The largest absolute Gasteiger partial charge is 0.462 e. The minimum Gasteiger partial charge on any atom is -0.462 e. The number of aromatic nitrogens is 1. The first-order valence-electron chi connectivity index (χ1n) is 32.7. The summed E-state index contributed by atoms with van der Waals surface area (Å²) in [5, 5.41) is 0. The molecule has 1 N–H and O–H groups in total. The molecule has 482 valence electrons. The van der Waals surface area contributed by atoms with E-state index in [4.69, 9.17) is 28.7 Å². The topological polar surface area (TPSA) is 163 Å². The molecule has 3 aliphatic rings. The predicted octanol–water partition coefficient (Wildman–Crippen LogP) is 16.5. The Labute approximate surface area is 515 Å². The van der Waals surface area contributed by atoms with Crippen LogP contribution in [0.4, 0.5) is 0 Å². The number of nitrogens with one attached hydrogen (secondary N) is 1. The van der Waals surface area contributed by atoms with E-state index in [2.05, 4.69) is 115 Å². The highest BCUT2D eigenvalue weighted by Gasteiger charge is 2.52. The Kier molecular flexibility index (Phi) is 25.2. The molecule has 2 aliphatic carbocycles. The number of methoxy groups -OCH3 is 1. The molecule has 1 aromatic rings. The second kappa shape index (κ2) is 29.3. The number of nitrogens with zero attached hydrogens (tertiary/aromatic N) is 2. The Balaban J connectivity index is 2.09. The van der Waals surface area contributed by atoms with Gasteiger partial charge in [-0.3, -0.25) is 14.5 Å². The van der Waals surface area contributed by atoms with Crippen LogP contribution >= 0.6 is 0 Å². The van der Waals surface area contributed by atoms with Gasteiger partial charge in [0.15, 0.2) is 5.84 Å². The first-order valence-corrected chi connectivity index (χ1v) is 32.7. The molecule has 1 amide bonds. The van der Waals surface area contributed by atoms with E-state index >= 15 is 14.4 Å². The van der Waals surface area contributed by atoms with Gasteiger partial charge >= 0.3 is 17.9 Å². The van der Waals surface area contributed by atoms with Crippen molar-refractivity contribution in [1.29, 1.82) is 0 Å². The lowest BCUT2D eigenvalue weighted by Gasteiger charge is -2.50. The summed E-state index contributed by atoms with van der Waals surface area (Å²) in [7, 11) is 3.42. The van der Waals surface area contributed by atoms with Crippen LogP contribution in [0.25, 0.3) is 6.08 Å². The second-order valence-electron chi connectivity index (χ2n) is 30.8. The lowest BCUT2D eigenvalue weighted by atomic mass is 9.58. The van der Waals surface area contributed by atoms with Crippen LogP contribution in [-0.2, 0) is 49.3 Å². The van der Waals surface area contributed by atoms with Gasteiger partial charge in [0.05, 0.1) is 31.1 Å². The molecular formula is C72H119N3O10. The number of esters is 3. The number of amides is 1. The number of rotatable bonds is 25. The number of amidine groups is 1. The normalized spacial score (nSPS) is 23.4. The molecule has 13 heteroatoms. The van der Waals surface area contributed by atoms with Crippen LogP contribution in [0.5, 0.6) is 0 Å². The van der Waals surface area contributed by atoms with Crippen LogP contribution in [0.3, 0.4) is 0 Å². The highest BCUT2D eigenvalue weighted by Crippen LogP contribution is 2.53. The van der Waals surface area contributed by atoms with E-state index in [0.717, 1.165) is 12.8 Å². The monoisotopic (exact) mass is 1190 g/mol. The van der Waals surface area contributed by atoms with E-state index in [9.17, 15) is 9.59 Å². The predicted molar refractivity (Wildman–Crippen MR) is 345 cm³/mol. The SMILES string of the molecule is C=C(C)C(=O)OCC1CC(C(C)(C)C)C(OC(=O)c2c(CC(=O)C(CC)(CC)CC)[nH]c(/C=C3\N=C(N(C)C(=O)C(CC)(CC)CC)C(C(=O)OC4C(C(C)(C)C)CC(COCCOC)CC4C(C)(C)C)=C3C(C)C)c2C(C)C)C(C(C)(C)C)C1. The molecule has 0 spiro atoms. The lowest BCUT2D eigenvalue weighted by molar-refractivity contribution is -0.166. The first kappa shape index (κ1) is 73.1. The highest BCUT2D eigenvalue weighted by atomic mass is 16.6. The molecule has 13 nitrogen and oxygen atoms in total. The molecule has 2 fully saturated rings. The van der Waals surface area contributed by atoms with Crippen LogP contribution in [0, 0.1) is 73.9 Å². The number of H-pyrrole nitrogens is 1. The van der Waals surface area contributed by atoms with Crippen molar-refractivity contribution in [2.24, 2.45) is 78.9 Å². The molecule has 2 heterocycles. The number of Topliss-reactive ketones (excluding diaryl/α,β-unsaturated/α-hetero) is 1. The highest BCUT2D eigenvalue weighted by molar-refractivity contribution is 6.25. The van der Waals surface area contributed by atoms with Crippen molar-refractivity contribution in [2.45, 2.75) is 248 Å². The number of likely N-dealkylation sites (N-methyl/N-ethyl adjacent to an activating group) is 1. The van der Waals surface area contributed by atoms with E-state index in [1.807, 2.05) is 54.5 Å². The molecule has 1 aromatic heterocycles. The van der Waals surface area contributed by atoms with Crippen LogP contribution in [-0.4, -0.2) is 98.1 Å². The molecule has 0 saturated heterocycles. The van der Waals surface area contributed by atoms with Gasteiger partial charge in [-0.2, -0.15) is 0 Å². The second-order valence-corrected chi connectivity index (χ2v) is 30.8. The molecule has 0 radical (unpaired) electrons. The third-order valence-corrected chi connectivity index (χ3v) is 20.5. The van der Waals surface area contributed by atoms with E-state index < -0.39 is 40.9 Å². The minimum atomic E-state index is -0.699. The van der Waals surface area contributed by atoms with E-state index in [1.54, 1.807) is 26.0 Å². The van der Waals surface area contributed by atoms with Gasteiger partial charge in [-0.05, 0) is 134 Å². The van der Waals surface area contributed by atoms with Crippen molar-refractivity contribution in [3.8, 4) is 0 Å². The Bertz CT molecular complexity index is 2530. The fourth-order valence-electron chi connectivity index (χ4n) is 14.6. The molecule has 85 heavy (non-hydrogen) atoms. The number of aromatic amines is 1. The van der Waals surface area contributed by atoms with Gasteiger partial charge in [-0.15, -0.1) is 0 Å². The summed E-state index contributed by atoms with van der Waals surface area (Å²) in [6.07, 6.45) is 7.67. The third kappa shape index (κ3) is 16.9. The van der Waals surface area contributed by atoms with Crippen molar-refractivity contribution in [2.75, 3.05) is 40.6 Å². The maximum atomic E-state index is 15.9. The Morgan fingerprint density at radius 2 is 1.08 bits per heavy atom. The van der Waals surface area contributed by atoms with Crippen LogP contribution in [0.2, 0.25) is 0 Å². The summed E-state index contributed by atoms with van der Waals surface area (Å²) in [4.78, 5) is 85.2. The van der Waals surface area contributed by atoms with E-state index in [1.165, 1.54) is 0 Å². The molecule has 2 saturated carbocycles. The Morgan fingerprint density at radius 3 is 1.47 bits per heavy atom. The molecule has 4 unspecified atom stereocenters. The number of ether oxygens (including phenoxy) is 5. The van der Waals surface area contributed by atoms with Crippen molar-refractivity contribution in [1.82, 2.24) is 9.88 Å². The fourth-order valence-corrected chi connectivity index (χ4v) is 14.6. The number of carbonyl (C=O) groups excluding carboxylic acids is 5. The quantitative estimate of drug-likeness (QED) is 0.0431. The molecule has 4 rings (SSSR count). The first-order chi connectivity index (χ1) is 39.3. The van der Waals surface area contributed by atoms with Gasteiger partial charge in [0.2, 0.25) is 5.91 Å². The van der Waals surface area contributed by atoms with E-state index in [-0.39, 0.29) is 105 Å². The Morgan fingerprint density at radius 1 is 0.647 bits per heavy atom. The van der Waals surface area contributed by atoms with Crippen LogP contribution in [0.1, 0.15) is 257 Å². The zero-order valence-electron chi connectivity index (χ0n) is 58.1. The summed E-state index contributed by atoms with van der Waals surface area (Å²) in [5.74, 6) is -1.77. The average Bonchev–Trinajstić information content (AvgIpc) is 2.35. The Hall–Kier alpha value is -4.36. The summed E-state index contributed by atoms with van der Waals surface area (Å²) < 4.78 is 31.5. The maximum Gasteiger partial charge on any atom is 0.342 e. The zero-order valence-corrected chi connectivity index (χ0v) is 58.1. The third-order valence-electron chi connectivity index (χ3n) is 20.5. The summed E-state index contributed by atoms with van der Waals surface area (Å²) in [6.45, 7) is 54.3. The van der Waals surface area contributed by atoms with Crippen molar-refractivity contribution in [3.05, 3.63) is 51.5 Å². The van der Waals surface area contributed by atoms with Crippen molar-refractivity contribution in [3.63, 3.8) is 0 Å². The number of carbonyl (C=O) groups is 5. The van der Waals surface area contributed by atoms with Crippen LogP contribution < -0.4 is 0 Å². The number of hydrogen-bond donors (Lipinski definition) is 1. The fraction of sp³-hybridized carbons (Fsp3) is 0.778. The van der Waals surface area contributed by atoms with Gasteiger partial charge in [-0.25, -0.2) is 19.4 Å². The number of hydrogen-bond acceptors (Lipinski definition) is 11. The maximum absolute atomic E-state index is 15.9. The smallest absolute Gasteiger partial charge is 0.342 e. The van der Waals surface area contributed by atoms with Crippen LogP contribution in [0.15, 0.2) is 34.0 Å². The molecule has 0 bridgehead atoms. The van der Waals surface area contributed by atoms with Gasteiger partial charge in [0.25, 0.3) is 0 Å². The number of ketones is 1. The summed E-state index contributed by atoms with van der Waals surface area (Å²) in [5.41, 5.74) is 1.41. The molecule has 4 atom stereocenters. The van der Waals surface area contributed by atoms with Crippen molar-refractivity contribution < 1.29 is 47.7 Å².